The summed E-state index contributed by atoms with van der Waals surface area (Å²) in [6.45, 7) is 1.27. The fourth-order valence-corrected chi connectivity index (χ4v) is 5.18. The minimum absolute atomic E-state index is 0.161. The molecule has 6 heteroatoms. The van der Waals surface area contributed by atoms with Gasteiger partial charge in [0.15, 0.2) is 0 Å². The van der Waals surface area contributed by atoms with Crippen LogP contribution >= 0.6 is 0 Å². The van der Waals surface area contributed by atoms with E-state index in [0.717, 1.165) is 35.6 Å². The quantitative estimate of drug-likeness (QED) is 0.587. The van der Waals surface area contributed by atoms with Gasteiger partial charge in [-0.1, -0.05) is 48.9 Å². The summed E-state index contributed by atoms with van der Waals surface area (Å²) in [5, 5.41) is 2.14. The third kappa shape index (κ3) is 4.18. The molecule has 1 aliphatic heterocycles. The van der Waals surface area contributed by atoms with Crippen molar-refractivity contribution in [2.45, 2.75) is 30.8 Å². The molecule has 150 valence electrons. The highest BCUT2D eigenvalue weighted by atomic mass is 32.2. The van der Waals surface area contributed by atoms with Crippen LogP contribution in [-0.4, -0.2) is 31.8 Å². The van der Waals surface area contributed by atoms with Gasteiger partial charge in [-0.2, -0.15) is 4.31 Å². The number of hydrogen-bond acceptors (Lipinski definition) is 4. The number of hydrogen-bond donors (Lipinski definition) is 0. The molecular formula is C23H23NO4S. The smallest absolute Gasteiger partial charge is 0.338 e. The third-order valence-electron chi connectivity index (χ3n) is 5.28. The third-order valence-corrected chi connectivity index (χ3v) is 7.19. The van der Waals surface area contributed by atoms with Gasteiger partial charge >= 0.3 is 5.97 Å². The van der Waals surface area contributed by atoms with Crippen molar-refractivity contribution in [3.8, 4) is 0 Å². The first-order chi connectivity index (χ1) is 14.1. The summed E-state index contributed by atoms with van der Waals surface area (Å²) in [5.41, 5.74) is 1.27. The summed E-state index contributed by atoms with van der Waals surface area (Å²) in [7, 11) is -3.50. The normalized spacial score (nSPS) is 15.3. The van der Waals surface area contributed by atoms with Crippen LogP contribution in [0.5, 0.6) is 0 Å². The van der Waals surface area contributed by atoms with Crippen molar-refractivity contribution >= 4 is 26.8 Å². The van der Waals surface area contributed by atoms with E-state index in [-0.39, 0.29) is 11.5 Å². The van der Waals surface area contributed by atoms with Crippen molar-refractivity contribution < 1.29 is 17.9 Å². The molecule has 1 fully saturated rings. The van der Waals surface area contributed by atoms with Crippen LogP contribution in [0.3, 0.4) is 0 Å². The second-order valence-electron chi connectivity index (χ2n) is 7.20. The first-order valence-electron chi connectivity index (χ1n) is 9.80. The van der Waals surface area contributed by atoms with Crippen LogP contribution in [0.4, 0.5) is 0 Å². The molecule has 1 heterocycles. The van der Waals surface area contributed by atoms with Crippen LogP contribution in [0.1, 0.15) is 35.2 Å². The predicted octanol–water partition coefficient (Wildman–Crippen LogP) is 4.37. The van der Waals surface area contributed by atoms with E-state index in [0.29, 0.717) is 18.7 Å². The van der Waals surface area contributed by atoms with E-state index in [9.17, 15) is 13.2 Å². The van der Waals surface area contributed by atoms with Crippen LogP contribution in [-0.2, 0) is 21.4 Å². The van der Waals surface area contributed by atoms with Crippen LogP contribution in [0.2, 0.25) is 0 Å². The Bertz CT molecular complexity index is 1110. The summed E-state index contributed by atoms with van der Waals surface area (Å²) >= 11 is 0. The molecule has 0 aliphatic carbocycles. The molecule has 0 aromatic heterocycles. The minimum Gasteiger partial charge on any atom is -0.457 e. The topological polar surface area (TPSA) is 63.7 Å². The lowest BCUT2D eigenvalue weighted by atomic mass is 10.1. The van der Waals surface area contributed by atoms with Crippen molar-refractivity contribution in [2.75, 3.05) is 13.1 Å². The average Bonchev–Trinajstić information content (AvgIpc) is 2.78. The van der Waals surface area contributed by atoms with Gasteiger partial charge in [0, 0.05) is 13.1 Å². The molecule has 0 amide bonds. The Kier molecular flexibility index (Phi) is 5.65. The van der Waals surface area contributed by atoms with Crippen LogP contribution in [0.15, 0.2) is 71.6 Å². The van der Waals surface area contributed by atoms with E-state index in [1.165, 1.54) is 28.6 Å². The molecule has 1 saturated heterocycles. The zero-order chi connectivity index (χ0) is 20.3. The standard InChI is InChI=1S/C23H23NO4S/c25-23(28-17-20-9-6-8-18-7-2-3-10-22(18)20)19-11-13-21(14-12-19)29(26,27)24-15-4-1-5-16-24/h2-3,6-14H,1,4-5,15-17H2. The Labute approximate surface area is 171 Å². The number of carbonyl (C=O) groups excluding carboxylic acids is 1. The Hall–Kier alpha value is -2.70. The Morgan fingerprint density at radius 1 is 0.862 bits per heavy atom. The van der Waals surface area contributed by atoms with E-state index < -0.39 is 16.0 Å². The second kappa shape index (κ2) is 8.35. The fourth-order valence-electron chi connectivity index (χ4n) is 3.66. The maximum absolute atomic E-state index is 12.7. The van der Waals surface area contributed by atoms with Gasteiger partial charge in [-0.15, -0.1) is 0 Å². The van der Waals surface area contributed by atoms with E-state index in [2.05, 4.69) is 0 Å². The van der Waals surface area contributed by atoms with Crippen LogP contribution < -0.4 is 0 Å². The van der Waals surface area contributed by atoms with Gasteiger partial charge in [-0.05, 0) is 53.4 Å². The molecule has 1 aliphatic rings. The van der Waals surface area contributed by atoms with Gasteiger partial charge in [0.1, 0.15) is 6.61 Å². The second-order valence-corrected chi connectivity index (χ2v) is 9.14. The van der Waals surface area contributed by atoms with Gasteiger partial charge in [0.25, 0.3) is 0 Å². The molecule has 0 bridgehead atoms. The number of nitrogens with zero attached hydrogens (tertiary/aromatic N) is 1. The molecule has 29 heavy (non-hydrogen) atoms. The summed E-state index contributed by atoms with van der Waals surface area (Å²) < 4.78 is 32.4. The zero-order valence-corrected chi connectivity index (χ0v) is 16.9. The molecule has 0 unspecified atom stereocenters. The van der Waals surface area contributed by atoms with Crippen LogP contribution in [0, 0.1) is 0 Å². The highest BCUT2D eigenvalue weighted by Crippen LogP contribution is 2.22. The molecule has 0 atom stereocenters. The fraction of sp³-hybridized carbons (Fsp3) is 0.261. The SMILES string of the molecule is O=C(OCc1cccc2ccccc12)c1ccc(S(=O)(=O)N2CCCCC2)cc1. The summed E-state index contributed by atoms with van der Waals surface area (Å²) in [4.78, 5) is 12.6. The Morgan fingerprint density at radius 3 is 2.31 bits per heavy atom. The van der Waals surface area contributed by atoms with Gasteiger partial charge < -0.3 is 4.74 Å². The van der Waals surface area contributed by atoms with Crippen molar-refractivity contribution in [1.29, 1.82) is 0 Å². The Balaban J connectivity index is 1.45. The largest absolute Gasteiger partial charge is 0.457 e. The van der Waals surface area contributed by atoms with E-state index >= 15 is 0 Å². The zero-order valence-electron chi connectivity index (χ0n) is 16.1. The number of ether oxygens (including phenoxy) is 1. The number of rotatable bonds is 5. The van der Waals surface area contributed by atoms with Gasteiger partial charge in [0.05, 0.1) is 10.5 Å². The summed E-state index contributed by atoms with van der Waals surface area (Å²) in [5.74, 6) is -0.472. The van der Waals surface area contributed by atoms with Crippen molar-refractivity contribution in [3.63, 3.8) is 0 Å². The highest BCUT2D eigenvalue weighted by Gasteiger charge is 2.26. The number of piperidine rings is 1. The molecular weight excluding hydrogens is 386 g/mol. The minimum atomic E-state index is -3.50. The summed E-state index contributed by atoms with van der Waals surface area (Å²) in [6, 6.07) is 19.8. The molecule has 5 nitrogen and oxygen atoms in total. The van der Waals surface area contributed by atoms with Gasteiger partial charge in [0.2, 0.25) is 10.0 Å². The van der Waals surface area contributed by atoms with Crippen molar-refractivity contribution in [3.05, 3.63) is 77.9 Å². The number of esters is 1. The van der Waals surface area contributed by atoms with E-state index in [1.807, 2.05) is 42.5 Å². The number of carbonyl (C=O) groups is 1. The van der Waals surface area contributed by atoms with E-state index in [4.69, 9.17) is 4.74 Å². The molecule has 3 aromatic carbocycles. The lowest BCUT2D eigenvalue weighted by Crippen LogP contribution is -2.35. The molecule has 0 radical (unpaired) electrons. The predicted molar refractivity (Wildman–Crippen MR) is 112 cm³/mol. The van der Waals surface area contributed by atoms with Gasteiger partial charge in [-0.25, -0.2) is 13.2 Å². The number of benzene rings is 3. The van der Waals surface area contributed by atoms with Crippen molar-refractivity contribution in [2.24, 2.45) is 0 Å². The maximum Gasteiger partial charge on any atom is 0.338 e. The molecule has 3 aromatic rings. The lowest BCUT2D eigenvalue weighted by Gasteiger charge is -2.25. The first kappa shape index (κ1) is 19.6. The molecule has 0 N–H and O–H groups in total. The maximum atomic E-state index is 12.7. The Morgan fingerprint density at radius 2 is 1.55 bits per heavy atom. The first-order valence-corrected chi connectivity index (χ1v) is 11.2. The number of fused-ring (bicyclic) bond motifs is 1. The van der Waals surface area contributed by atoms with Crippen LogP contribution in [0.25, 0.3) is 10.8 Å². The number of sulfonamides is 1. The molecule has 4 rings (SSSR count). The van der Waals surface area contributed by atoms with Crippen molar-refractivity contribution in [1.82, 2.24) is 4.31 Å². The van der Waals surface area contributed by atoms with E-state index in [1.54, 1.807) is 0 Å². The molecule has 0 spiro atoms. The monoisotopic (exact) mass is 409 g/mol. The highest BCUT2D eigenvalue weighted by molar-refractivity contribution is 7.89. The molecule has 0 saturated carbocycles. The average molecular weight is 410 g/mol. The van der Waals surface area contributed by atoms with Gasteiger partial charge in [-0.3, -0.25) is 0 Å². The summed E-state index contributed by atoms with van der Waals surface area (Å²) in [6.07, 6.45) is 2.84. The lowest BCUT2D eigenvalue weighted by molar-refractivity contribution is 0.0474.